The van der Waals surface area contributed by atoms with Gasteiger partial charge in [-0.05, 0) is 31.0 Å². The van der Waals surface area contributed by atoms with Gasteiger partial charge in [0.2, 0.25) is 11.8 Å². The molecule has 2 N–H and O–H groups in total. The second-order valence-corrected chi connectivity index (χ2v) is 6.52. The Kier molecular flexibility index (Phi) is 3.99. The van der Waals surface area contributed by atoms with E-state index in [0.29, 0.717) is 0 Å². The number of carbonyl (C=O) groups is 2. The molecule has 2 aliphatic rings. The highest BCUT2D eigenvalue weighted by Crippen LogP contribution is 2.33. The second kappa shape index (κ2) is 5.77. The van der Waals surface area contributed by atoms with Gasteiger partial charge >= 0.3 is 0 Å². The van der Waals surface area contributed by atoms with Crippen LogP contribution >= 0.6 is 15.9 Å². The SMILES string of the molecule is CC(=O)N1CCC(NC2C(=O)Nc3ccc(Br)cc32)CC1. The van der Waals surface area contributed by atoms with E-state index >= 15 is 0 Å². The number of halogens is 1. The molecule has 2 heterocycles. The third-order valence-electron chi connectivity index (χ3n) is 4.19. The molecule has 6 heteroatoms. The summed E-state index contributed by atoms with van der Waals surface area (Å²) in [4.78, 5) is 25.3. The van der Waals surface area contributed by atoms with Crippen molar-refractivity contribution in [2.24, 2.45) is 0 Å². The molecule has 0 bridgehead atoms. The van der Waals surface area contributed by atoms with Crippen molar-refractivity contribution in [2.75, 3.05) is 18.4 Å². The molecule has 0 saturated carbocycles. The molecule has 1 aromatic rings. The number of carbonyl (C=O) groups excluding carboxylic acids is 2. The lowest BCUT2D eigenvalue weighted by molar-refractivity contribution is -0.130. The van der Waals surface area contributed by atoms with Crippen molar-refractivity contribution >= 4 is 33.4 Å². The largest absolute Gasteiger partial charge is 0.343 e. The number of nitrogens with zero attached hydrogens (tertiary/aromatic N) is 1. The molecule has 21 heavy (non-hydrogen) atoms. The Labute approximate surface area is 132 Å². The number of fused-ring (bicyclic) bond motifs is 1. The van der Waals surface area contributed by atoms with Crippen LogP contribution in [0.5, 0.6) is 0 Å². The Bertz CT molecular complexity index is 582. The molecular formula is C15H18BrN3O2. The van der Waals surface area contributed by atoms with E-state index in [9.17, 15) is 9.59 Å². The highest BCUT2D eigenvalue weighted by Gasteiger charge is 2.33. The first kappa shape index (κ1) is 14.5. The lowest BCUT2D eigenvalue weighted by Gasteiger charge is -2.33. The number of nitrogens with one attached hydrogen (secondary N) is 2. The second-order valence-electron chi connectivity index (χ2n) is 5.60. The lowest BCUT2D eigenvalue weighted by atomic mass is 10.0. The highest BCUT2D eigenvalue weighted by molar-refractivity contribution is 9.10. The topological polar surface area (TPSA) is 61.4 Å². The number of benzene rings is 1. The molecule has 112 valence electrons. The van der Waals surface area contributed by atoms with Crippen LogP contribution in [0.2, 0.25) is 0 Å². The molecule has 3 rings (SSSR count). The molecule has 0 radical (unpaired) electrons. The van der Waals surface area contributed by atoms with Crippen LogP contribution in [0.4, 0.5) is 5.69 Å². The number of piperidine rings is 1. The van der Waals surface area contributed by atoms with Crippen LogP contribution in [0.15, 0.2) is 22.7 Å². The maximum atomic E-state index is 12.1. The van der Waals surface area contributed by atoms with E-state index in [-0.39, 0.29) is 23.9 Å². The fourth-order valence-corrected chi connectivity index (χ4v) is 3.37. The van der Waals surface area contributed by atoms with E-state index in [1.807, 2.05) is 23.1 Å². The number of hydrogen-bond donors (Lipinski definition) is 2. The zero-order valence-electron chi connectivity index (χ0n) is 11.9. The van der Waals surface area contributed by atoms with Gasteiger partial charge in [-0.2, -0.15) is 0 Å². The zero-order valence-corrected chi connectivity index (χ0v) is 13.4. The summed E-state index contributed by atoms with van der Waals surface area (Å²) in [6.45, 7) is 3.12. The molecule has 1 saturated heterocycles. The fourth-order valence-electron chi connectivity index (χ4n) is 2.99. The van der Waals surface area contributed by atoms with Crippen LogP contribution in [0.3, 0.4) is 0 Å². The number of hydrogen-bond acceptors (Lipinski definition) is 3. The minimum Gasteiger partial charge on any atom is -0.343 e. The summed E-state index contributed by atoms with van der Waals surface area (Å²) in [7, 11) is 0. The molecule has 0 aromatic heterocycles. The molecule has 1 unspecified atom stereocenters. The van der Waals surface area contributed by atoms with Crippen LogP contribution < -0.4 is 10.6 Å². The van der Waals surface area contributed by atoms with Crippen LogP contribution in [0, 0.1) is 0 Å². The standard InChI is InChI=1S/C15H18BrN3O2/c1-9(20)19-6-4-11(5-7-19)17-14-12-8-10(16)2-3-13(12)18-15(14)21/h2-3,8,11,14,17H,4-7H2,1H3,(H,18,21). The van der Waals surface area contributed by atoms with Crippen LogP contribution in [-0.2, 0) is 9.59 Å². The monoisotopic (exact) mass is 351 g/mol. The van der Waals surface area contributed by atoms with E-state index in [1.54, 1.807) is 6.92 Å². The van der Waals surface area contributed by atoms with E-state index in [4.69, 9.17) is 0 Å². The van der Waals surface area contributed by atoms with Gasteiger partial charge in [-0.3, -0.25) is 14.9 Å². The van der Waals surface area contributed by atoms with Crippen molar-refractivity contribution in [1.82, 2.24) is 10.2 Å². The molecule has 5 nitrogen and oxygen atoms in total. The van der Waals surface area contributed by atoms with Gasteiger partial charge in [0.25, 0.3) is 0 Å². The summed E-state index contributed by atoms with van der Waals surface area (Å²) in [5.41, 5.74) is 1.87. The molecule has 1 fully saturated rings. The maximum Gasteiger partial charge on any atom is 0.246 e. The lowest BCUT2D eigenvalue weighted by Crippen LogP contribution is -2.46. The predicted octanol–water partition coefficient (Wildman–Crippen LogP) is 2.04. The summed E-state index contributed by atoms with van der Waals surface area (Å²) < 4.78 is 0.968. The summed E-state index contributed by atoms with van der Waals surface area (Å²) in [6, 6.07) is 5.78. The maximum absolute atomic E-state index is 12.1. The molecule has 2 aliphatic heterocycles. The Hall–Kier alpha value is -1.40. The minimum atomic E-state index is -0.300. The normalized spacial score (nSPS) is 22.1. The molecular weight excluding hydrogens is 334 g/mol. The number of anilines is 1. The minimum absolute atomic E-state index is 0.00269. The van der Waals surface area contributed by atoms with Crippen molar-refractivity contribution in [3.05, 3.63) is 28.2 Å². The van der Waals surface area contributed by atoms with Gasteiger partial charge in [-0.15, -0.1) is 0 Å². The highest BCUT2D eigenvalue weighted by atomic mass is 79.9. The van der Waals surface area contributed by atoms with Gasteiger partial charge in [0.15, 0.2) is 0 Å². The van der Waals surface area contributed by atoms with Gasteiger partial charge in [0.05, 0.1) is 0 Å². The summed E-state index contributed by atoms with van der Waals surface area (Å²) in [5, 5.41) is 6.34. The average Bonchev–Trinajstić information content (AvgIpc) is 2.76. The first-order chi connectivity index (χ1) is 10.0. The Morgan fingerprint density at radius 1 is 1.38 bits per heavy atom. The fraction of sp³-hybridized carbons (Fsp3) is 0.467. The van der Waals surface area contributed by atoms with Gasteiger partial charge < -0.3 is 10.2 Å². The van der Waals surface area contributed by atoms with Crippen LogP contribution in [0.25, 0.3) is 0 Å². The van der Waals surface area contributed by atoms with Crippen molar-refractivity contribution < 1.29 is 9.59 Å². The Morgan fingerprint density at radius 3 is 2.76 bits per heavy atom. The number of likely N-dealkylation sites (tertiary alicyclic amines) is 1. The number of rotatable bonds is 2. The Morgan fingerprint density at radius 2 is 2.10 bits per heavy atom. The third kappa shape index (κ3) is 2.96. The summed E-state index contributed by atoms with van der Waals surface area (Å²) >= 11 is 3.45. The van der Waals surface area contributed by atoms with Gasteiger partial charge in [0, 0.05) is 41.8 Å². The summed E-state index contributed by atoms with van der Waals surface area (Å²) in [6.07, 6.45) is 1.76. The van der Waals surface area contributed by atoms with Crippen molar-refractivity contribution in [2.45, 2.75) is 31.8 Å². The van der Waals surface area contributed by atoms with E-state index in [0.717, 1.165) is 41.7 Å². The average molecular weight is 352 g/mol. The van der Waals surface area contributed by atoms with Gasteiger partial charge in [-0.25, -0.2) is 0 Å². The van der Waals surface area contributed by atoms with Crippen molar-refractivity contribution in [1.29, 1.82) is 0 Å². The molecule has 0 aliphatic carbocycles. The van der Waals surface area contributed by atoms with Crippen molar-refractivity contribution in [3.8, 4) is 0 Å². The zero-order chi connectivity index (χ0) is 15.0. The number of amides is 2. The van der Waals surface area contributed by atoms with Gasteiger partial charge in [-0.1, -0.05) is 15.9 Å². The van der Waals surface area contributed by atoms with Crippen LogP contribution in [0.1, 0.15) is 31.4 Å². The predicted molar refractivity (Wildman–Crippen MR) is 83.9 cm³/mol. The Balaban J connectivity index is 1.68. The quantitative estimate of drug-likeness (QED) is 0.856. The first-order valence-electron chi connectivity index (χ1n) is 7.16. The van der Waals surface area contributed by atoms with Crippen LogP contribution in [-0.4, -0.2) is 35.8 Å². The van der Waals surface area contributed by atoms with E-state index in [2.05, 4.69) is 26.6 Å². The molecule has 1 aromatic carbocycles. The molecule has 1 atom stereocenters. The van der Waals surface area contributed by atoms with E-state index in [1.165, 1.54) is 0 Å². The first-order valence-corrected chi connectivity index (χ1v) is 7.96. The van der Waals surface area contributed by atoms with Crippen molar-refractivity contribution in [3.63, 3.8) is 0 Å². The third-order valence-corrected chi connectivity index (χ3v) is 4.68. The smallest absolute Gasteiger partial charge is 0.246 e. The molecule has 0 spiro atoms. The van der Waals surface area contributed by atoms with Gasteiger partial charge in [0.1, 0.15) is 6.04 Å². The van der Waals surface area contributed by atoms with E-state index < -0.39 is 0 Å². The summed E-state index contributed by atoms with van der Waals surface area (Å²) in [5.74, 6) is 0.124. The molecule has 2 amide bonds.